The Bertz CT molecular complexity index is 286. The van der Waals surface area contributed by atoms with Crippen LogP contribution in [0.3, 0.4) is 0 Å². The van der Waals surface area contributed by atoms with E-state index in [0.29, 0.717) is 12.6 Å². The molecule has 1 rings (SSSR count). The Kier molecular flexibility index (Phi) is 6.12. The normalized spacial score (nSPS) is 25.4. The Morgan fingerprint density at radius 3 is 2.39 bits per heavy atom. The number of rotatable bonds is 6. The van der Waals surface area contributed by atoms with Crippen molar-refractivity contribution in [2.75, 3.05) is 6.54 Å². The molecule has 1 unspecified atom stereocenters. The molecule has 5 heteroatoms. The molecule has 0 aliphatic heterocycles. The monoisotopic (exact) mass is 255 g/mol. The van der Waals surface area contributed by atoms with Gasteiger partial charge in [-0.1, -0.05) is 6.92 Å². The van der Waals surface area contributed by atoms with Gasteiger partial charge in [0.2, 0.25) is 11.8 Å². The first-order valence-corrected chi connectivity index (χ1v) is 6.85. The van der Waals surface area contributed by atoms with Crippen molar-refractivity contribution in [3.05, 3.63) is 0 Å². The molecular formula is C13H25N3O2. The molecular weight excluding hydrogens is 230 g/mol. The molecule has 104 valence electrons. The van der Waals surface area contributed by atoms with Gasteiger partial charge in [0, 0.05) is 18.0 Å². The van der Waals surface area contributed by atoms with Gasteiger partial charge in [-0.25, -0.2) is 0 Å². The van der Waals surface area contributed by atoms with E-state index in [1.807, 2.05) is 13.8 Å². The maximum absolute atomic E-state index is 11.6. The average molecular weight is 255 g/mol. The van der Waals surface area contributed by atoms with E-state index in [0.717, 1.165) is 32.1 Å². The van der Waals surface area contributed by atoms with Gasteiger partial charge in [0.05, 0.1) is 6.54 Å². The minimum atomic E-state index is -0.192. The molecule has 0 radical (unpaired) electrons. The van der Waals surface area contributed by atoms with Crippen molar-refractivity contribution in [3.8, 4) is 0 Å². The number of nitrogens with one attached hydrogen (secondary N) is 2. The fraction of sp³-hybridized carbons (Fsp3) is 0.846. The lowest BCUT2D eigenvalue weighted by Gasteiger charge is -2.27. The SMILES string of the molecule is CCC(C)NC(=O)CNC1CCC(C(N)=O)CC1. The number of hydrogen-bond acceptors (Lipinski definition) is 3. The summed E-state index contributed by atoms with van der Waals surface area (Å²) in [4.78, 5) is 22.6. The van der Waals surface area contributed by atoms with Crippen LogP contribution >= 0.6 is 0 Å². The first kappa shape index (κ1) is 15.0. The standard InChI is InChI=1S/C13H25N3O2/c1-3-9(2)16-12(17)8-15-11-6-4-10(5-7-11)13(14)18/h9-11,15H,3-8H2,1-2H3,(H2,14,18)(H,16,17). The highest BCUT2D eigenvalue weighted by atomic mass is 16.2. The molecule has 0 spiro atoms. The highest BCUT2D eigenvalue weighted by Gasteiger charge is 2.24. The van der Waals surface area contributed by atoms with Crippen LogP contribution in [0.1, 0.15) is 46.0 Å². The Labute approximate surface area is 109 Å². The summed E-state index contributed by atoms with van der Waals surface area (Å²) in [6, 6.07) is 0.563. The lowest BCUT2D eigenvalue weighted by Crippen LogP contribution is -2.43. The van der Waals surface area contributed by atoms with Crippen LogP contribution in [0.4, 0.5) is 0 Å². The van der Waals surface area contributed by atoms with E-state index >= 15 is 0 Å². The molecule has 1 fully saturated rings. The highest BCUT2D eigenvalue weighted by molar-refractivity contribution is 5.78. The van der Waals surface area contributed by atoms with Crippen LogP contribution in [0, 0.1) is 5.92 Å². The topological polar surface area (TPSA) is 84.2 Å². The largest absolute Gasteiger partial charge is 0.369 e. The number of nitrogens with two attached hydrogens (primary N) is 1. The molecule has 18 heavy (non-hydrogen) atoms. The van der Waals surface area contributed by atoms with E-state index < -0.39 is 0 Å². The maximum atomic E-state index is 11.6. The van der Waals surface area contributed by atoms with Gasteiger partial charge in [-0.15, -0.1) is 0 Å². The van der Waals surface area contributed by atoms with Crippen molar-refractivity contribution in [2.24, 2.45) is 11.7 Å². The second-order valence-electron chi connectivity index (χ2n) is 5.21. The first-order chi connectivity index (χ1) is 8.52. The molecule has 0 aromatic heterocycles. The molecule has 1 aliphatic carbocycles. The summed E-state index contributed by atoms with van der Waals surface area (Å²) in [6.45, 7) is 4.40. The first-order valence-electron chi connectivity index (χ1n) is 6.85. The van der Waals surface area contributed by atoms with Crippen molar-refractivity contribution < 1.29 is 9.59 Å². The average Bonchev–Trinajstić information content (AvgIpc) is 2.36. The number of hydrogen-bond donors (Lipinski definition) is 3. The Morgan fingerprint density at radius 1 is 1.28 bits per heavy atom. The highest BCUT2D eigenvalue weighted by Crippen LogP contribution is 2.23. The van der Waals surface area contributed by atoms with Gasteiger partial charge in [0.15, 0.2) is 0 Å². The van der Waals surface area contributed by atoms with Gasteiger partial charge in [-0.05, 0) is 39.0 Å². The Hall–Kier alpha value is -1.10. The molecule has 1 atom stereocenters. The number of carbonyl (C=O) groups is 2. The molecule has 0 aromatic rings. The summed E-state index contributed by atoms with van der Waals surface area (Å²) in [6.07, 6.45) is 4.45. The number of amides is 2. The van der Waals surface area contributed by atoms with E-state index in [2.05, 4.69) is 10.6 Å². The van der Waals surface area contributed by atoms with Crippen molar-refractivity contribution in [1.82, 2.24) is 10.6 Å². The molecule has 5 nitrogen and oxygen atoms in total. The van der Waals surface area contributed by atoms with E-state index in [1.165, 1.54) is 0 Å². The Balaban J connectivity index is 2.18. The van der Waals surface area contributed by atoms with Gasteiger partial charge in [0.25, 0.3) is 0 Å². The fourth-order valence-corrected chi connectivity index (χ4v) is 2.25. The van der Waals surface area contributed by atoms with E-state index in [1.54, 1.807) is 0 Å². The molecule has 1 saturated carbocycles. The molecule has 0 aromatic carbocycles. The molecule has 2 amide bonds. The Morgan fingerprint density at radius 2 is 1.89 bits per heavy atom. The molecule has 0 heterocycles. The summed E-state index contributed by atoms with van der Waals surface area (Å²) >= 11 is 0. The zero-order chi connectivity index (χ0) is 13.5. The third kappa shape index (κ3) is 5.04. The minimum absolute atomic E-state index is 0.0250. The van der Waals surface area contributed by atoms with Crippen LogP contribution in [-0.4, -0.2) is 30.4 Å². The zero-order valence-electron chi connectivity index (χ0n) is 11.4. The summed E-state index contributed by atoms with van der Waals surface area (Å²) < 4.78 is 0. The van der Waals surface area contributed by atoms with E-state index in [4.69, 9.17) is 5.73 Å². The molecule has 4 N–H and O–H groups in total. The van der Waals surface area contributed by atoms with Crippen molar-refractivity contribution in [1.29, 1.82) is 0 Å². The summed E-state index contributed by atoms with van der Waals surface area (Å²) in [5.41, 5.74) is 5.28. The third-order valence-corrected chi connectivity index (χ3v) is 3.70. The number of carbonyl (C=O) groups excluding carboxylic acids is 2. The quantitative estimate of drug-likeness (QED) is 0.647. The summed E-state index contributed by atoms with van der Waals surface area (Å²) in [5.74, 6) is -0.124. The van der Waals surface area contributed by atoms with Crippen LogP contribution in [0.15, 0.2) is 0 Å². The van der Waals surface area contributed by atoms with Crippen LogP contribution in [0.2, 0.25) is 0 Å². The van der Waals surface area contributed by atoms with Crippen molar-refractivity contribution in [3.63, 3.8) is 0 Å². The third-order valence-electron chi connectivity index (χ3n) is 3.70. The minimum Gasteiger partial charge on any atom is -0.369 e. The lowest BCUT2D eigenvalue weighted by atomic mass is 9.85. The maximum Gasteiger partial charge on any atom is 0.234 e. The number of primary amides is 1. The van der Waals surface area contributed by atoms with Crippen molar-refractivity contribution >= 4 is 11.8 Å². The van der Waals surface area contributed by atoms with Crippen LogP contribution < -0.4 is 16.4 Å². The van der Waals surface area contributed by atoms with Gasteiger partial charge in [0.1, 0.15) is 0 Å². The van der Waals surface area contributed by atoms with E-state index in [-0.39, 0.29) is 23.8 Å². The van der Waals surface area contributed by atoms with Gasteiger partial charge in [-0.2, -0.15) is 0 Å². The zero-order valence-corrected chi connectivity index (χ0v) is 11.4. The molecule has 0 saturated heterocycles. The molecule has 0 bridgehead atoms. The lowest BCUT2D eigenvalue weighted by molar-refractivity contribution is -0.123. The van der Waals surface area contributed by atoms with Gasteiger partial charge < -0.3 is 16.4 Å². The van der Waals surface area contributed by atoms with Crippen molar-refractivity contribution in [2.45, 2.75) is 58.0 Å². The van der Waals surface area contributed by atoms with Gasteiger partial charge in [-0.3, -0.25) is 9.59 Å². The predicted molar refractivity (Wildman–Crippen MR) is 70.8 cm³/mol. The predicted octanol–water partition coefficient (Wildman–Crippen LogP) is 0.535. The van der Waals surface area contributed by atoms with Crippen LogP contribution in [0.25, 0.3) is 0 Å². The van der Waals surface area contributed by atoms with E-state index in [9.17, 15) is 9.59 Å². The van der Waals surface area contributed by atoms with Crippen LogP contribution in [-0.2, 0) is 9.59 Å². The molecule has 1 aliphatic rings. The fourth-order valence-electron chi connectivity index (χ4n) is 2.25. The van der Waals surface area contributed by atoms with Crippen LogP contribution in [0.5, 0.6) is 0 Å². The smallest absolute Gasteiger partial charge is 0.234 e. The summed E-state index contributed by atoms with van der Waals surface area (Å²) in [5, 5.41) is 6.17. The summed E-state index contributed by atoms with van der Waals surface area (Å²) in [7, 11) is 0. The second-order valence-corrected chi connectivity index (χ2v) is 5.21. The second kappa shape index (κ2) is 7.36. The van der Waals surface area contributed by atoms with Gasteiger partial charge >= 0.3 is 0 Å².